The Morgan fingerprint density at radius 3 is 2.56 bits per heavy atom. The number of rotatable bonds is 2. The SMILES string of the molecule is Cl.NC1CCCN(C(=O)c2cc(F)ccc2-c2cccc(C(F)(F)F)c2)C1. The van der Waals surface area contributed by atoms with Crippen LogP contribution < -0.4 is 5.73 Å². The van der Waals surface area contributed by atoms with Gasteiger partial charge in [0.05, 0.1) is 11.1 Å². The zero-order valence-corrected chi connectivity index (χ0v) is 15.1. The molecule has 1 atom stereocenters. The van der Waals surface area contributed by atoms with Crippen molar-refractivity contribution in [3.63, 3.8) is 0 Å². The summed E-state index contributed by atoms with van der Waals surface area (Å²) >= 11 is 0. The number of nitrogens with zero attached hydrogens (tertiary/aromatic N) is 1. The van der Waals surface area contributed by atoms with E-state index in [1.807, 2.05) is 0 Å². The lowest BCUT2D eigenvalue weighted by molar-refractivity contribution is -0.137. The molecule has 2 aromatic rings. The molecule has 0 aromatic heterocycles. The summed E-state index contributed by atoms with van der Waals surface area (Å²) in [6.07, 6.45) is -2.96. The van der Waals surface area contributed by atoms with Crippen molar-refractivity contribution in [2.24, 2.45) is 5.73 Å². The van der Waals surface area contributed by atoms with E-state index in [0.29, 0.717) is 13.1 Å². The second-order valence-corrected chi connectivity index (χ2v) is 6.42. The normalized spacial score (nSPS) is 17.4. The summed E-state index contributed by atoms with van der Waals surface area (Å²) < 4.78 is 52.7. The van der Waals surface area contributed by atoms with Crippen molar-refractivity contribution in [2.75, 3.05) is 13.1 Å². The van der Waals surface area contributed by atoms with E-state index in [-0.39, 0.29) is 35.1 Å². The molecule has 27 heavy (non-hydrogen) atoms. The first-order valence-electron chi connectivity index (χ1n) is 8.28. The number of carbonyl (C=O) groups excluding carboxylic acids is 1. The zero-order valence-electron chi connectivity index (χ0n) is 14.3. The van der Waals surface area contributed by atoms with Gasteiger partial charge in [-0.05, 0) is 48.2 Å². The molecule has 3 rings (SSSR count). The number of amides is 1. The molecule has 0 saturated carbocycles. The Labute approximate surface area is 160 Å². The first-order valence-corrected chi connectivity index (χ1v) is 8.28. The fraction of sp³-hybridized carbons (Fsp3) is 0.316. The van der Waals surface area contributed by atoms with Gasteiger partial charge in [-0.1, -0.05) is 18.2 Å². The smallest absolute Gasteiger partial charge is 0.337 e. The molecule has 1 heterocycles. The van der Waals surface area contributed by atoms with Gasteiger partial charge in [0, 0.05) is 19.1 Å². The summed E-state index contributed by atoms with van der Waals surface area (Å²) in [7, 11) is 0. The van der Waals surface area contributed by atoms with Crippen molar-refractivity contribution in [3.05, 3.63) is 59.4 Å². The molecular weight excluding hydrogens is 384 g/mol. The highest BCUT2D eigenvalue weighted by molar-refractivity contribution is 6.01. The second-order valence-electron chi connectivity index (χ2n) is 6.42. The molecule has 1 aliphatic heterocycles. The van der Waals surface area contributed by atoms with Gasteiger partial charge in [-0.25, -0.2) is 4.39 Å². The van der Waals surface area contributed by atoms with E-state index >= 15 is 0 Å². The third-order valence-electron chi connectivity index (χ3n) is 4.46. The summed E-state index contributed by atoms with van der Waals surface area (Å²) in [5.41, 5.74) is 5.59. The monoisotopic (exact) mass is 402 g/mol. The predicted molar refractivity (Wildman–Crippen MR) is 97.2 cm³/mol. The van der Waals surface area contributed by atoms with Gasteiger partial charge in [0.25, 0.3) is 5.91 Å². The highest BCUT2D eigenvalue weighted by atomic mass is 35.5. The van der Waals surface area contributed by atoms with Crippen LogP contribution in [0.3, 0.4) is 0 Å². The molecule has 1 fully saturated rings. The molecule has 1 unspecified atom stereocenters. The van der Waals surface area contributed by atoms with Crippen molar-refractivity contribution in [2.45, 2.75) is 25.1 Å². The number of hydrogen-bond acceptors (Lipinski definition) is 2. The minimum atomic E-state index is -4.50. The van der Waals surface area contributed by atoms with Crippen LogP contribution in [0, 0.1) is 5.82 Å². The standard InChI is InChI=1S/C19H18F4N2O.ClH/c20-14-6-7-16(12-3-1-4-13(9-12)19(21,22)23)17(10-14)18(26)25-8-2-5-15(24)11-25;/h1,3-4,6-7,9-10,15H,2,5,8,11,24H2;1H. The maximum Gasteiger partial charge on any atom is 0.416 e. The van der Waals surface area contributed by atoms with E-state index in [9.17, 15) is 22.4 Å². The van der Waals surface area contributed by atoms with Crippen LogP contribution in [0.15, 0.2) is 42.5 Å². The number of nitrogens with two attached hydrogens (primary N) is 1. The van der Waals surface area contributed by atoms with Crippen LogP contribution in [-0.2, 0) is 6.18 Å². The van der Waals surface area contributed by atoms with Gasteiger partial charge >= 0.3 is 6.18 Å². The van der Waals surface area contributed by atoms with Gasteiger partial charge in [-0.3, -0.25) is 4.79 Å². The number of benzene rings is 2. The van der Waals surface area contributed by atoms with E-state index in [1.54, 1.807) is 0 Å². The molecule has 3 nitrogen and oxygen atoms in total. The van der Waals surface area contributed by atoms with E-state index < -0.39 is 23.5 Å². The molecule has 0 radical (unpaired) electrons. The summed E-state index contributed by atoms with van der Waals surface area (Å²) in [5, 5.41) is 0. The number of carbonyl (C=O) groups is 1. The summed E-state index contributed by atoms with van der Waals surface area (Å²) in [6.45, 7) is 0.836. The van der Waals surface area contributed by atoms with E-state index in [2.05, 4.69) is 0 Å². The third kappa shape index (κ3) is 4.78. The average Bonchev–Trinajstić information content (AvgIpc) is 2.60. The van der Waals surface area contributed by atoms with E-state index in [4.69, 9.17) is 5.73 Å². The molecule has 0 aliphatic carbocycles. The fourth-order valence-electron chi connectivity index (χ4n) is 3.17. The number of likely N-dealkylation sites (tertiary alicyclic amines) is 1. The number of halogens is 5. The first kappa shape index (κ1) is 21.2. The second kappa shape index (κ2) is 8.27. The van der Waals surface area contributed by atoms with Gasteiger partial charge in [0.1, 0.15) is 5.82 Å². The Morgan fingerprint density at radius 2 is 1.89 bits per heavy atom. The van der Waals surface area contributed by atoms with Crippen molar-refractivity contribution >= 4 is 18.3 Å². The van der Waals surface area contributed by atoms with Crippen LogP contribution >= 0.6 is 12.4 Å². The van der Waals surface area contributed by atoms with Crippen molar-refractivity contribution in [1.82, 2.24) is 4.90 Å². The van der Waals surface area contributed by atoms with Crippen molar-refractivity contribution in [3.8, 4) is 11.1 Å². The lowest BCUT2D eigenvalue weighted by Crippen LogP contribution is -2.45. The molecule has 1 saturated heterocycles. The third-order valence-corrected chi connectivity index (χ3v) is 4.46. The van der Waals surface area contributed by atoms with Crippen LogP contribution in [0.1, 0.15) is 28.8 Å². The Hall–Kier alpha value is -2.12. The Balaban J connectivity index is 0.00000261. The number of alkyl halides is 3. The van der Waals surface area contributed by atoms with Gasteiger partial charge < -0.3 is 10.6 Å². The van der Waals surface area contributed by atoms with Gasteiger partial charge in [-0.15, -0.1) is 12.4 Å². The zero-order chi connectivity index (χ0) is 18.9. The lowest BCUT2D eigenvalue weighted by atomic mass is 9.96. The highest BCUT2D eigenvalue weighted by Crippen LogP contribution is 2.33. The summed E-state index contributed by atoms with van der Waals surface area (Å²) in [4.78, 5) is 14.4. The van der Waals surface area contributed by atoms with Crippen LogP contribution in [0.5, 0.6) is 0 Å². The lowest BCUT2D eigenvalue weighted by Gasteiger charge is -2.31. The molecule has 146 valence electrons. The Bertz CT molecular complexity index is 826. The van der Waals surface area contributed by atoms with Crippen molar-refractivity contribution in [1.29, 1.82) is 0 Å². The molecule has 8 heteroatoms. The van der Waals surface area contributed by atoms with E-state index in [1.165, 1.54) is 23.1 Å². The summed E-state index contributed by atoms with van der Waals surface area (Å²) in [5.74, 6) is -1.04. The largest absolute Gasteiger partial charge is 0.416 e. The number of piperidine rings is 1. The quantitative estimate of drug-likeness (QED) is 0.752. The maximum atomic E-state index is 13.8. The van der Waals surface area contributed by atoms with Crippen LogP contribution in [-0.4, -0.2) is 29.9 Å². The van der Waals surface area contributed by atoms with E-state index in [0.717, 1.165) is 37.1 Å². The Morgan fingerprint density at radius 1 is 1.15 bits per heavy atom. The average molecular weight is 403 g/mol. The minimum Gasteiger partial charge on any atom is -0.337 e. The first-order chi connectivity index (χ1) is 12.3. The highest BCUT2D eigenvalue weighted by Gasteiger charge is 2.31. The van der Waals surface area contributed by atoms with Gasteiger partial charge in [0.15, 0.2) is 0 Å². The minimum absolute atomic E-state index is 0. The molecule has 2 N–H and O–H groups in total. The molecular formula is C19H19ClF4N2O. The number of hydrogen-bond donors (Lipinski definition) is 1. The van der Waals surface area contributed by atoms with Crippen LogP contribution in [0.4, 0.5) is 17.6 Å². The predicted octanol–water partition coefficient (Wildman–Crippen LogP) is 4.50. The van der Waals surface area contributed by atoms with Crippen LogP contribution in [0.25, 0.3) is 11.1 Å². The van der Waals surface area contributed by atoms with Crippen LogP contribution in [0.2, 0.25) is 0 Å². The topological polar surface area (TPSA) is 46.3 Å². The Kier molecular flexibility index (Phi) is 6.49. The molecule has 1 aliphatic rings. The molecule has 2 aromatic carbocycles. The molecule has 0 bridgehead atoms. The molecule has 1 amide bonds. The molecule has 0 spiro atoms. The fourth-order valence-corrected chi connectivity index (χ4v) is 3.17. The van der Waals surface area contributed by atoms with Crippen molar-refractivity contribution < 1.29 is 22.4 Å². The van der Waals surface area contributed by atoms with Gasteiger partial charge in [0.2, 0.25) is 0 Å². The van der Waals surface area contributed by atoms with Gasteiger partial charge in [-0.2, -0.15) is 13.2 Å². The summed E-state index contributed by atoms with van der Waals surface area (Å²) in [6, 6.07) is 8.05. The maximum absolute atomic E-state index is 13.8.